The van der Waals surface area contributed by atoms with Crippen molar-refractivity contribution in [1.29, 1.82) is 0 Å². The van der Waals surface area contributed by atoms with E-state index in [1.807, 2.05) is 0 Å². The number of hydrogen-bond donors (Lipinski definition) is 2. The van der Waals surface area contributed by atoms with Crippen molar-refractivity contribution in [2.45, 2.75) is 26.1 Å². The molecule has 2 amide bonds. The van der Waals surface area contributed by atoms with Crippen LogP contribution in [0.4, 0.5) is 23.7 Å². The van der Waals surface area contributed by atoms with Gasteiger partial charge in [0.15, 0.2) is 6.04 Å². The lowest BCUT2D eigenvalue weighted by molar-refractivity contribution is -0.917. The molecule has 1 aromatic rings. The number of nitrogens with one attached hydrogen (secondary N) is 2. The fraction of sp³-hybridized carbons (Fsp3) is 0.529. The number of anilines is 1. The second-order valence-electron chi connectivity index (χ2n) is 6.10. The predicted molar refractivity (Wildman–Crippen MR) is 88.8 cm³/mol. The van der Waals surface area contributed by atoms with Gasteiger partial charge in [-0.15, -0.1) is 0 Å². The number of rotatable bonds is 4. The van der Waals surface area contributed by atoms with Gasteiger partial charge in [0.05, 0.1) is 44.0 Å². The first-order valence-electron chi connectivity index (χ1n) is 8.47. The third kappa shape index (κ3) is 4.87. The van der Waals surface area contributed by atoms with Crippen LogP contribution in [0.1, 0.15) is 19.4 Å². The molecule has 1 fully saturated rings. The zero-order chi connectivity index (χ0) is 19.3. The van der Waals surface area contributed by atoms with Crippen molar-refractivity contribution >= 4 is 17.7 Å². The quantitative estimate of drug-likeness (QED) is 0.837. The molecule has 2 N–H and O–H groups in total. The summed E-state index contributed by atoms with van der Waals surface area (Å²) in [6, 6.07) is 4.36. The number of amides is 2. The molecule has 6 nitrogen and oxygen atoms in total. The van der Waals surface area contributed by atoms with Crippen LogP contribution >= 0.6 is 0 Å². The fourth-order valence-corrected chi connectivity index (χ4v) is 2.89. The van der Waals surface area contributed by atoms with Gasteiger partial charge in [-0.2, -0.15) is 13.2 Å². The van der Waals surface area contributed by atoms with Gasteiger partial charge >= 0.3 is 12.3 Å². The van der Waals surface area contributed by atoms with E-state index in [4.69, 9.17) is 4.74 Å². The summed E-state index contributed by atoms with van der Waals surface area (Å²) in [5.41, 5.74) is -1.12. The molecule has 0 saturated carbocycles. The number of carbonyl (C=O) groups excluding carboxylic acids is 2. The molecule has 0 radical (unpaired) electrons. The second kappa shape index (κ2) is 8.39. The minimum Gasteiger partial charge on any atom is -0.450 e. The Bertz CT molecular complexity index is 644. The van der Waals surface area contributed by atoms with Crippen LogP contribution < -0.4 is 10.2 Å². The summed E-state index contributed by atoms with van der Waals surface area (Å²) in [5.74, 6) is -0.485. The van der Waals surface area contributed by atoms with E-state index in [1.54, 1.807) is 18.7 Å². The Balaban J connectivity index is 1.96. The van der Waals surface area contributed by atoms with Gasteiger partial charge in [0.1, 0.15) is 0 Å². The Hall–Kier alpha value is -2.29. The van der Waals surface area contributed by atoms with Gasteiger partial charge in [-0.05, 0) is 26.0 Å². The largest absolute Gasteiger partial charge is 0.450 e. The lowest BCUT2D eigenvalue weighted by Crippen LogP contribution is -3.19. The van der Waals surface area contributed by atoms with Crippen LogP contribution in [0.5, 0.6) is 0 Å². The highest BCUT2D eigenvalue weighted by Gasteiger charge is 2.35. The van der Waals surface area contributed by atoms with Crippen LogP contribution in [-0.2, 0) is 15.7 Å². The molecule has 0 unspecified atom stereocenters. The molecule has 1 aliphatic heterocycles. The maximum Gasteiger partial charge on any atom is 0.418 e. The SMILES string of the molecule is CCOC(=O)N1CC[NH+]([C@@H](C)C(=O)Nc2ccccc2C(F)(F)F)CC1. The van der Waals surface area contributed by atoms with Gasteiger partial charge in [0, 0.05) is 0 Å². The zero-order valence-corrected chi connectivity index (χ0v) is 14.7. The highest BCUT2D eigenvalue weighted by atomic mass is 19.4. The zero-order valence-electron chi connectivity index (χ0n) is 14.7. The lowest BCUT2D eigenvalue weighted by Gasteiger charge is -2.34. The molecular weight excluding hydrogens is 351 g/mol. The normalized spacial score (nSPS) is 16.9. The van der Waals surface area contributed by atoms with Crippen molar-refractivity contribution in [1.82, 2.24) is 4.90 Å². The topological polar surface area (TPSA) is 63.1 Å². The number of para-hydroxylation sites is 1. The van der Waals surface area contributed by atoms with Crippen LogP contribution in [0.2, 0.25) is 0 Å². The summed E-state index contributed by atoms with van der Waals surface area (Å²) >= 11 is 0. The first-order valence-corrected chi connectivity index (χ1v) is 8.47. The Morgan fingerprint density at radius 3 is 2.46 bits per heavy atom. The van der Waals surface area contributed by atoms with Crippen LogP contribution in [0.15, 0.2) is 24.3 Å². The average Bonchev–Trinajstić information content (AvgIpc) is 2.61. The van der Waals surface area contributed by atoms with Gasteiger partial charge in [0.2, 0.25) is 0 Å². The molecule has 1 saturated heterocycles. The number of piperazine rings is 1. The molecule has 1 aliphatic rings. The fourth-order valence-electron chi connectivity index (χ4n) is 2.89. The van der Waals surface area contributed by atoms with Crippen LogP contribution in [0.3, 0.4) is 0 Å². The Morgan fingerprint density at radius 2 is 1.88 bits per heavy atom. The second-order valence-corrected chi connectivity index (χ2v) is 6.10. The smallest absolute Gasteiger partial charge is 0.418 e. The van der Waals surface area contributed by atoms with E-state index >= 15 is 0 Å². The number of benzene rings is 1. The van der Waals surface area contributed by atoms with E-state index in [0.717, 1.165) is 11.0 Å². The number of hydrogen-bond acceptors (Lipinski definition) is 3. The van der Waals surface area contributed by atoms with Gasteiger partial charge in [0.25, 0.3) is 5.91 Å². The molecular formula is C17H23F3N3O3+. The van der Waals surface area contributed by atoms with E-state index in [9.17, 15) is 22.8 Å². The summed E-state index contributed by atoms with van der Waals surface area (Å²) in [4.78, 5) is 26.6. The third-order valence-corrected chi connectivity index (χ3v) is 4.43. The van der Waals surface area contributed by atoms with Crippen molar-refractivity contribution in [2.75, 3.05) is 38.1 Å². The lowest BCUT2D eigenvalue weighted by atomic mass is 10.1. The van der Waals surface area contributed by atoms with E-state index in [1.165, 1.54) is 18.2 Å². The first kappa shape index (κ1) is 20.0. The van der Waals surface area contributed by atoms with Crippen molar-refractivity contribution < 1.29 is 32.4 Å². The summed E-state index contributed by atoms with van der Waals surface area (Å²) in [5, 5.41) is 2.38. The van der Waals surface area contributed by atoms with Crippen molar-refractivity contribution in [3.63, 3.8) is 0 Å². The van der Waals surface area contributed by atoms with E-state index < -0.39 is 23.7 Å². The number of quaternary nitrogens is 1. The summed E-state index contributed by atoms with van der Waals surface area (Å²) in [6.45, 7) is 5.60. The molecule has 1 aromatic carbocycles. The third-order valence-electron chi connectivity index (χ3n) is 4.43. The standard InChI is InChI=1S/C17H22F3N3O3/c1-3-26-16(25)23-10-8-22(9-11-23)12(2)15(24)21-14-7-5-4-6-13(14)17(18,19)20/h4-7,12H,3,8-11H2,1-2H3,(H,21,24)/p+1/t12-/m0/s1. The van der Waals surface area contributed by atoms with Gasteiger partial charge in [-0.3, -0.25) is 9.69 Å². The van der Waals surface area contributed by atoms with E-state index in [0.29, 0.717) is 32.8 Å². The number of carbonyl (C=O) groups is 2. The minimum atomic E-state index is -4.54. The van der Waals surface area contributed by atoms with Gasteiger partial charge in [-0.1, -0.05) is 12.1 Å². The summed E-state index contributed by atoms with van der Waals surface area (Å²) < 4.78 is 44.0. The molecule has 9 heteroatoms. The highest BCUT2D eigenvalue weighted by Crippen LogP contribution is 2.34. The monoisotopic (exact) mass is 374 g/mol. The molecule has 0 aliphatic carbocycles. The maximum atomic E-state index is 13.0. The number of alkyl halides is 3. The number of nitrogens with zero attached hydrogens (tertiary/aromatic N) is 1. The van der Waals surface area contributed by atoms with Gasteiger partial charge in [-0.25, -0.2) is 4.79 Å². The van der Waals surface area contributed by atoms with E-state index in [2.05, 4.69) is 5.32 Å². The first-order chi connectivity index (χ1) is 12.2. The molecule has 1 atom stereocenters. The molecule has 0 spiro atoms. The Kier molecular flexibility index (Phi) is 6.47. The Morgan fingerprint density at radius 1 is 1.27 bits per heavy atom. The average molecular weight is 374 g/mol. The van der Waals surface area contributed by atoms with E-state index in [-0.39, 0.29) is 11.8 Å². The van der Waals surface area contributed by atoms with Gasteiger partial charge < -0.3 is 15.0 Å². The molecule has 144 valence electrons. The van der Waals surface area contributed by atoms with Crippen LogP contribution in [-0.4, -0.2) is 55.7 Å². The summed E-state index contributed by atoms with van der Waals surface area (Å²) in [6.07, 6.45) is -4.92. The molecule has 0 bridgehead atoms. The number of halogens is 3. The predicted octanol–water partition coefficient (Wildman–Crippen LogP) is 1.39. The Labute approximate surface area is 149 Å². The molecule has 0 aromatic heterocycles. The molecule has 26 heavy (non-hydrogen) atoms. The minimum absolute atomic E-state index is 0.249. The maximum absolute atomic E-state index is 13.0. The van der Waals surface area contributed by atoms with Crippen molar-refractivity contribution in [3.8, 4) is 0 Å². The summed E-state index contributed by atoms with van der Waals surface area (Å²) in [7, 11) is 0. The molecule has 1 heterocycles. The number of ether oxygens (including phenoxy) is 1. The van der Waals surface area contributed by atoms with Crippen LogP contribution in [0, 0.1) is 0 Å². The van der Waals surface area contributed by atoms with Crippen molar-refractivity contribution in [2.24, 2.45) is 0 Å². The highest BCUT2D eigenvalue weighted by molar-refractivity contribution is 5.94. The molecule has 2 rings (SSSR count). The van der Waals surface area contributed by atoms with Crippen LogP contribution in [0.25, 0.3) is 0 Å². The van der Waals surface area contributed by atoms with Crippen molar-refractivity contribution in [3.05, 3.63) is 29.8 Å².